The van der Waals surface area contributed by atoms with Gasteiger partial charge in [0.1, 0.15) is 5.82 Å². The number of likely N-dealkylation sites (N-methyl/N-ethyl adjacent to an activating group) is 1. The third-order valence-corrected chi connectivity index (χ3v) is 3.88. The molecule has 2 atom stereocenters. The summed E-state index contributed by atoms with van der Waals surface area (Å²) in [5.41, 5.74) is 0. The number of carbonyl (C=O) groups excluding carboxylic acids is 1. The summed E-state index contributed by atoms with van der Waals surface area (Å²) in [5.74, 6) is -0.124. The van der Waals surface area contributed by atoms with Crippen LogP contribution in [0.4, 0.5) is 0 Å². The van der Waals surface area contributed by atoms with Gasteiger partial charge in [-0.1, -0.05) is 6.92 Å². The van der Waals surface area contributed by atoms with Crippen molar-refractivity contribution in [1.29, 1.82) is 0 Å². The molecule has 1 amide bonds. The predicted octanol–water partition coefficient (Wildman–Crippen LogP) is 0.726. The number of nitrogens with one attached hydrogen (secondary N) is 1. The number of rotatable bonds is 5. The van der Waals surface area contributed by atoms with Crippen molar-refractivity contribution in [2.75, 3.05) is 26.7 Å². The van der Waals surface area contributed by atoms with Crippen molar-refractivity contribution in [2.24, 2.45) is 5.92 Å². The maximum Gasteiger partial charge on any atom is 0.303 e. The first kappa shape index (κ1) is 15.5. The molecule has 0 aliphatic carbocycles. The number of carbonyl (C=O) groups is 2. The zero-order valence-electron chi connectivity index (χ0n) is 12.5. The molecule has 0 radical (unpaired) electrons. The molecule has 7 heteroatoms. The van der Waals surface area contributed by atoms with Crippen LogP contribution in [0.15, 0.2) is 12.4 Å². The molecule has 21 heavy (non-hydrogen) atoms. The lowest BCUT2D eigenvalue weighted by Gasteiger charge is -2.38. The van der Waals surface area contributed by atoms with Crippen LogP contribution in [0, 0.1) is 5.92 Å². The Kier molecular flexibility index (Phi) is 4.95. The highest BCUT2D eigenvalue weighted by Gasteiger charge is 2.30. The highest BCUT2D eigenvalue weighted by Crippen LogP contribution is 2.22. The van der Waals surface area contributed by atoms with E-state index < -0.39 is 5.97 Å². The van der Waals surface area contributed by atoms with Gasteiger partial charge in [0.05, 0.1) is 6.04 Å². The van der Waals surface area contributed by atoms with Crippen molar-refractivity contribution in [2.45, 2.75) is 25.8 Å². The number of amides is 1. The molecule has 2 heterocycles. The number of aromatic nitrogens is 2. The number of imidazole rings is 1. The molecule has 1 fully saturated rings. The van der Waals surface area contributed by atoms with Gasteiger partial charge in [-0.2, -0.15) is 0 Å². The third kappa shape index (κ3) is 4.04. The highest BCUT2D eigenvalue weighted by molar-refractivity contribution is 5.77. The minimum atomic E-state index is -0.859. The fourth-order valence-electron chi connectivity index (χ4n) is 2.65. The molecule has 0 spiro atoms. The lowest BCUT2D eigenvalue weighted by atomic mass is 10.0. The first-order valence-electron chi connectivity index (χ1n) is 7.16. The maximum absolute atomic E-state index is 12.3. The first-order chi connectivity index (χ1) is 9.97. The molecular formula is C14H22N4O3. The monoisotopic (exact) mass is 294 g/mol. The van der Waals surface area contributed by atoms with Gasteiger partial charge in [0.15, 0.2) is 0 Å². The number of carboxylic acids is 1. The summed E-state index contributed by atoms with van der Waals surface area (Å²) in [4.78, 5) is 34.3. The summed E-state index contributed by atoms with van der Waals surface area (Å²) >= 11 is 0. The van der Waals surface area contributed by atoms with Crippen molar-refractivity contribution < 1.29 is 14.7 Å². The molecule has 1 aliphatic heterocycles. The Bertz CT molecular complexity index is 488. The Morgan fingerprint density at radius 3 is 2.86 bits per heavy atom. The molecule has 116 valence electrons. The zero-order chi connectivity index (χ0) is 15.4. The number of hydrogen-bond acceptors (Lipinski definition) is 4. The van der Waals surface area contributed by atoms with E-state index in [0.29, 0.717) is 13.1 Å². The Morgan fingerprint density at radius 2 is 2.24 bits per heavy atom. The molecule has 7 nitrogen and oxygen atoms in total. The van der Waals surface area contributed by atoms with E-state index in [4.69, 9.17) is 5.11 Å². The number of aliphatic carboxylic acids is 1. The standard InChI is InChI=1S/C14H22N4O3/c1-10(8-13(20)21)7-12(19)18-6-5-17(2)11(9-18)14-15-3-4-16-14/h3-4,10-11H,5-9H2,1-2H3,(H,15,16)(H,20,21). The summed E-state index contributed by atoms with van der Waals surface area (Å²) in [7, 11) is 2.02. The second-order valence-corrected chi connectivity index (χ2v) is 5.72. The minimum absolute atomic E-state index is 0.0217. The van der Waals surface area contributed by atoms with Crippen molar-refractivity contribution in [3.63, 3.8) is 0 Å². The normalized spacial score (nSPS) is 21.2. The largest absolute Gasteiger partial charge is 0.481 e. The van der Waals surface area contributed by atoms with E-state index >= 15 is 0 Å². The molecular weight excluding hydrogens is 272 g/mol. The number of aromatic amines is 1. The van der Waals surface area contributed by atoms with Gasteiger partial charge in [-0.15, -0.1) is 0 Å². The predicted molar refractivity (Wildman–Crippen MR) is 76.6 cm³/mol. The number of nitrogens with zero attached hydrogens (tertiary/aromatic N) is 3. The molecule has 0 saturated carbocycles. The van der Waals surface area contributed by atoms with E-state index in [9.17, 15) is 9.59 Å². The van der Waals surface area contributed by atoms with Gasteiger partial charge >= 0.3 is 5.97 Å². The van der Waals surface area contributed by atoms with E-state index in [1.807, 2.05) is 11.9 Å². The molecule has 1 aliphatic rings. The molecule has 1 aromatic heterocycles. The molecule has 0 aromatic carbocycles. The van der Waals surface area contributed by atoms with Crippen molar-refractivity contribution in [3.8, 4) is 0 Å². The Balaban J connectivity index is 1.94. The van der Waals surface area contributed by atoms with Crippen LogP contribution < -0.4 is 0 Å². The van der Waals surface area contributed by atoms with Gasteiger partial charge in [0.25, 0.3) is 0 Å². The fraction of sp³-hybridized carbons (Fsp3) is 0.643. The van der Waals surface area contributed by atoms with Crippen LogP contribution in [0.25, 0.3) is 0 Å². The van der Waals surface area contributed by atoms with E-state index in [-0.39, 0.29) is 30.7 Å². The van der Waals surface area contributed by atoms with Crippen LogP contribution in [-0.4, -0.2) is 63.4 Å². The number of piperazine rings is 1. The summed E-state index contributed by atoms with van der Waals surface area (Å²) < 4.78 is 0. The quantitative estimate of drug-likeness (QED) is 0.835. The number of H-pyrrole nitrogens is 1. The van der Waals surface area contributed by atoms with Gasteiger partial charge in [-0.05, 0) is 13.0 Å². The van der Waals surface area contributed by atoms with Crippen LogP contribution in [0.2, 0.25) is 0 Å². The SMILES string of the molecule is CC(CC(=O)O)CC(=O)N1CCN(C)C(c2ncc[nH]2)C1. The van der Waals surface area contributed by atoms with Crippen molar-refractivity contribution in [1.82, 2.24) is 19.8 Å². The second-order valence-electron chi connectivity index (χ2n) is 5.72. The van der Waals surface area contributed by atoms with E-state index in [2.05, 4.69) is 14.9 Å². The van der Waals surface area contributed by atoms with Crippen molar-refractivity contribution >= 4 is 11.9 Å². The van der Waals surface area contributed by atoms with E-state index in [1.165, 1.54) is 0 Å². The summed E-state index contributed by atoms with van der Waals surface area (Å²) in [6, 6.07) is 0.0625. The average Bonchev–Trinajstić information content (AvgIpc) is 2.91. The van der Waals surface area contributed by atoms with Gasteiger partial charge in [0.2, 0.25) is 5.91 Å². The number of carboxylic acid groups (broad SMARTS) is 1. The summed E-state index contributed by atoms with van der Waals surface area (Å²) in [6.07, 6.45) is 3.79. The highest BCUT2D eigenvalue weighted by atomic mass is 16.4. The second kappa shape index (κ2) is 6.71. The zero-order valence-corrected chi connectivity index (χ0v) is 12.5. The Morgan fingerprint density at radius 1 is 1.48 bits per heavy atom. The van der Waals surface area contributed by atoms with Crippen LogP contribution in [0.5, 0.6) is 0 Å². The van der Waals surface area contributed by atoms with E-state index in [0.717, 1.165) is 12.4 Å². The van der Waals surface area contributed by atoms with Gasteiger partial charge in [0, 0.05) is 44.9 Å². The van der Waals surface area contributed by atoms with Crippen molar-refractivity contribution in [3.05, 3.63) is 18.2 Å². The topological polar surface area (TPSA) is 89.5 Å². The fourth-order valence-corrected chi connectivity index (χ4v) is 2.65. The number of hydrogen-bond donors (Lipinski definition) is 2. The Labute approximate surface area is 124 Å². The van der Waals surface area contributed by atoms with Gasteiger partial charge in [-0.25, -0.2) is 4.98 Å². The molecule has 2 rings (SSSR count). The lowest BCUT2D eigenvalue weighted by molar-refractivity contribution is -0.139. The first-order valence-corrected chi connectivity index (χ1v) is 7.16. The van der Waals surface area contributed by atoms with E-state index in [1.54, 1.807) is 19.3 Å². The van der Waals surface area contributed by atoms with Gasteiger partial charge < -0.3 is 15.0 Å². The van der Waals surface area contributed by atoms with Gasteiger partial charge in [-0.3, -0.25) is 14.5 Å². The molecule has 2 N–H and O–H groups in total. The van der Waals surface area contributed by atoms with Crippen LogP contribution in [0.1, 0.15) is 31.6 Å². The Hall–Kier alpha value is -1.89. The summed E-state index contributed by atoms with van der Waals surface area (Å²) in [5, 5.41) is 8.76. The molecule has 1 aromatic rings. The molecule has 2 unspecified atom stereocenters. The van der Waals surface area contributed by atoms with Crippen LogP contribution in [-0.2, 0) is 9.59 Å². The van der Waals surface area contributed by atoms with Crippen LogP contribution >= 0.6 is 0 Å². The average molecular weight is 294 g/mol. The maximum atomic E-state index is 12.3. The molecule has 0 bridgehead atoms. The minimum Gasteiger partial charge on any atom is -0.481 e. The molecule has 1 saturated heterocycles. The smallest absolute Gasteiger partial charge is 0.303 e. The lowest BCUT2D eigenvalue weighted by Crippen LogP contribution is -2.49. The summed E-state index contributed by atoms with van der Waals surface area (Å²) in [6.45, 7) is 3.84. The van der Waals surface area contributed by atoms with Crippen LogP contribution in [0.3, 0.4) is 0 Å². The third-order valence-electron chi connectivity index (χ3n) is 3.88.